The zero-order valence-electron chi connectivity index (χ0n) is 15.4. The largest absolute Gasteiger partial charge is 0.573 e. The molecule has 3 aromatic rings. The first-order valence-corrected chi connectivity index (χ1v) is 9.66. The van der Waals surface area contributed by atoms with E-state index in [-0.39, 0.29) is 22.6 Å². The molecule has 31 heavy (non-hydrogen) atoms. The lowest BCUT2D eigenvalue weighted by Crippen LogP contribution is -2.32. The average molecular weight is 448 g/mol. The number of amides is 2. The van der Waals surface area contributed by atoms with Crippen LogP contribution in [0.1, 0.15) is 4.88 Å². The molecule has 1 aromatic heterocycles. The van der Waals surface area contributed by atoms with Gasteiger partial charge in [-0.3, -0.25) is 9.59 Å². The summed E-state index contributed by atoms with van der Waals surface area (Å²) in [5, 5.41) is 4.47. The molecule has 5 nitrogen and oxygen atoms in total. The lowest BCUT2D eigenvalue weighted by atomic mass is 10.2. The summed E-state index contributed by atoms with van der Waals surface area (Å²) in [6.07, 6.45) is -4.88. The highest BCUT2D eigenvalue weighted by Gasteiger charge is 2.40. The van der Waals surface area contributed by atoms with Crippen LogP contribution in [0.2, 0.25) is 0 Å². The topological polar surface area (TPSA) is 58.6 Å². The number of benzene rings is 2. The molecule has 0 unspecified atom stereocenters. The molecule has 2 heterocycles. The van der Waals surface area contributed by atoms with Gasteiger partial charge in [-0.25, -0.2) is 9.29 Å². The van der Waals surface area contributed by atoms with E-state index < -0.39 is 29.7 Å². The number of imide groups is 1. The van der Waals surface area contributed by atoms with Gasteiger partial charge >= 0.3 is 6.36 Å². The summed E-state index contributed by atoms with van der Waals surface area (Å²) in [5.41, 5.74) is 0.233. The van der Waals surface area contributed by atoms with Gasteiger partial charge in [0, 0.05) is 16.6 Å². The molecule has 0 atom stereocenters. The Morgan fingerprint density at radius 3 is 2.32 bits per heavy atom. The first kappa shape index (κ1) is 20.6. The highest BCUT2D eigenvalue weighted by atomic mass is 32.1. The number of ether oxygens (including phenoxy) is 1. The molecule has 1 aliphatic rings. The van der Waals surface area contributed by atoms with Crippen molar-refractivity contribution in [2.45, 2.75) is 6.36 Å². The van der Waals surface area contributed by atoms with Gasteiger partial charge in [0.1, 0.15) is 17.3 Å². The first-order valence-electron chi connectivity index (χ1n) is 8.78. The molecule has 0 spiro atoms. The Balaban J connectivity index is 1.73. The van der Waals surface area contributed by atoms with E-state index in [4.69, 9.17) is 0 Å². The van der Waals surface area contributed by atoms with E-state index in [9.17, 15) is 27.2 Å². The van der Waals surface area contributed by atoms with Crippen LogP contribution in [0.3, 0.4) is 0 Å². The number of halogens is 4. The number of hydrogen-bond acceptors (Lipinski definition) is 5. The van der Waals surface area contributed by atoms with Gasteiger partial charge in [-0.1, -0.05) is 12.1 Å². The Labute approximate surface area is 177 Å². The number of alkyl halides is 3. The number of carbonyl (C=O) groups is 2. The zero-order valence-corrected chi connectivity index (χ0v) is 16.3. The Kier molecular flexibility index (Phi) is 5.24. The number of anilines is 2. The number of thiophene rings is 1. The summed E-state index contributed by atoms with van der Waals surface area (Å²) in [4.78, 5) is 27.6. The Morgan fingerprint density at radius 1 is 0.935 bits per heavy atom. The van der Waals surface area contributed by atoms with E-state index in [1.54, 1.807) is 17.5 Å². The maximum absolute atomic E-state index is 13.3. The molecule has 0 saturated carbocycles. The minimum Gasteiger partial charge on any atom is -0.406 e. The van der Waals surface area contributed by atoms with Crippen molar-refractivity contribution in [3.63, 3.8) is 0 Å². The molecular weight excluding hydrogens is 436 g/mol. The highest BCUT2D eigenvalue weighted by molar-refractivity contribution is 7.11. The van der Waals surface area contributed by atoms with Crippen LogP contribution in [0, 0.1) is 5.82 Å². The number of rotatable bonds is 5. The Morgan fingerprint density at radius 2 is 1.68 bits per heavy atom. The minimum absolute atomic E-state index is 0.0615. The maximum atomic E-state index is 13.3. The molecule has 158 valence electrons. The van der Waals surface area contributed by atoms with Crippen molar-refractivity contribution < 1.29 is 31.9 Å². The third-order valence-corrected chi connectivity index (χ3v) is 5.16. The smallest absolute Gasteiger partial charge is 0.406 e. The molecule has 2 amide bonds. The summed E-state index contributed by atoms with van der Waals surface area (Å²) in [5.74, 6) is -2.37. The van der Waals surface area contributed by atoms with Crippen molar-refractivity contribution in [1.29, 1.82) is 0 Å². The average Bonchev–Trinajstić information content (AvgIpc) is 3.29. The second kappa shape index (κ2) is 7.88. The van der Waals surface area contributed by atoms with Gasteiger partial charge in [-0.05, 0) is 47.8 Å². The summed E-state index contributed by atoms with van der Waals surface area (Å²) in [7, 11) is 0. The number of nitrogens with one attached hydrogen (secondary N) is 1. The van der Waals surface area contributed by atoms with Crippen molar-refractivity contribution in [2.75, 3.05) is 10.2 Å². The highest BCUT2D eigenvalue weighted by Crippen LogP contribution is 2.36. The lowest BCUT2D eigenvalue weighted by molar-refractivity contribution is -0.274. The summed E-state index contributed by atoms with van der Waals surface area (Å²) >= 11 is 1.22. The first-order chi connectivity index (χ1) is 14.7. The van der Waals surface area contributed by atoms with Crippen LogP contribution in [-0.4, -0.2) is 18.2 Å². The molecule has 1 N–H and O–H groups in total. The van der Waals surface area contributed by atoms with E-state index in [2.05, 4.69) is 10.1 Å². The fourth-order valence-electron chi connectivity index (χ4n) is 3.04. The van der Waals surface area contributed by atoms with Gasteiger partial charge in [0.15, 0.2) is 0 Å². The number of nitrogens with zero attached hydrogens (tertiary/aromatic N) is 1. The van der Waals surface area contributed by atoms with Crippen molar-refractivity contribution in [2.24, 2.45) is 0 Å². The fourth-order valence-corrected chi connectivity index (χ4v) is 3.80. The van der Waals surface area contributed by atoms with Crippen LogP contribution < -0.4 is 15.0 Å². The molecule has 0 bridgehead atoms. The molecule has 2 aromatic carbocycles. The van der Waals surface area contributed by atoms with E-state index in [0.29, 0.717) is 4.88 Å². The standard InChI is InChI=1S/C21H12F4N2O3S/c22-12-6-8-14(9-7-12)27-19(28)17(16-5-2-10-31-16)18(20(27)29)26-13-3-1-4-15(11-13)30-21(23,24)25/h1-11,26H. The van der Waals surface area contributed by atoms with Gasteiger partial charge in [0.05, 0.1) is 11.3 Å². The van der Waals surface area contributed by atoms with Crippen LogP contribution in [0.15, 0.2) is 71.7 Å². The predicted molar refractivity (Wildman–Crippen MR) is 107 cm³/mol. The van der Waals surface area contributed by atoms with Crippen LogP contribution in [0.25, 0.3) is 5.57 Å². The Bertz CT molecular complexity index is 1170. The number of carbonyl (C=O) groups excluding carboxylic acids is 2. The quantitative estimate of drug-likeness (QED) is 0.432. The van der Waals surface area contributed by atoms with Crippen LogP contribution in [0.5, 0.6) is 5.75 Å². The van der Waals surface area contributed by atoms with Crippen molar-refractivity contribution in [1.82, 2.24) is 0 Å². The van der Waals surface area contributed by atoms with Gasteiger partial charge in [-0.2, -0.15) is 0 Å². The molecule has 0 radical (unpaired) electrons. The summed E-state index contributed by atoms with van der Waals surface area (Å²) in [6.45, 7) is 0. The van der Waals surface area contributed by atoms with Crippen LogP contribution in [0.4, 0.5) is 28.9 Å². The van der Waals surface area contributed by atoms with Gasteiger partial charge in [0.2, 0.25) is 0 Å². The molecule has 0 saturated heterocycles. The third-order valence-electron chi connectivity index (χ3n) is 4.27. The minimum atomic E-state index is -4.88. The van der Waals surface area contributed by atoms with Crippen molar-refractivity contribution in [3.8, 4) is 5.75 Å². The third kappa shape index (κ3) is 4.29. The second-order valence-electron chi connectivity index (χ2n) is 6.35. The van der Waals surface area contributed by atoms with Crippen LogP contribution >= 0.6 is 11.3 Å². The maximum Gasteiger partial charge on any atom is 0.573 e. The molecule has 0 aliphatic carbocycles. The number of hydrogen-bond donors (Lipinski definition) is 1. The predicted octanol–water partition coefficient (Wildman–Crippen LogP) is 5.18. The monoisotopic (exact) mass is 448 g/mol. The van der Waals surface area contributed by atoms with Gasteiger partial charge < -0.3 is 10.1 Å². The van der Waals surface area contributed by atoms with E-state index in [1.807, 2.05) is 0 Å². The normalized spacial score (nSPS) is 14.4. The van der Waals surface area contributed by atoms with Gasteiger partial charge in [0.25, 0.3) is 11.8 Å². The molecule has 0 fully saturated rings. The fraction of sp³-hybridized carbons (Fsp3) is 0.0476. The van der Waals surface area contributed by atoms with E-state index in [0.717, 1.165) is 29.2 Å². The summed E-state index contributed by atoms with van der Waals surface area (Å²) < 4.78 is 54.8. The van der Waals surface area contributed by atoms with E-state index in [1.165, 1.54) is 35.6 Å². The Hall–Kier alpha value is -3.66. The van der Waals surface area contributed by atoms with Crippen LogP contribution in [-0.2, 0) is 9.59 Å². The lowest BCUT2D eigenvalue weighted by Gasteiger charge is -2.15. The molecule has 1 aliphatic heterocycles. The SMILES string of the molecule is O=C1C(Nc2cccc(OC(F)(F)F)c2)=C(c2cccs2)C(=O)N1c1ccc(F)cc1. The second-order valence-corrected chi connectivity index (χ2v) is 7.30. The molecule has 4 rings (SSSR count). The van der Waals surface area contributed by atoms with Gasteiger partial charge in [-0.15, -0.1) is 24.5 Å². The molecular formula is C21H12F4N2O3S. The molecule has 10 heteroatoms. The van der Waals surface area contributed by atoms with E-state index >= 15 is 0 Å². The summed E-state index contributed by atoms with van der Waals surface area (Å²) in [6, 6.07) is 13.1. The van der Waals surface area contributed by atoms with Crippen molar-refractivity contribution >= 4 is 40.1 Å². The zero-order chi connectivity index (χ0) is 22.2. The van der Waals surface area contributed by atoms with Crippen molar-refractivity contribution in [3.05, 3.63) is 82.4 Å².